The number of nitrogens with zero attached hydrogens (tertiary/aromatic N) is 1. The smallest absolute Gasteiger partial charge is 0.0589 e. The molecule has 4 heteroatoms. The highest BCUT2D eigenvalue weighted by atomic mass is 16.5. The molecule has 1 fully saturated rings. The Labute approximate surface area is 125 Å². The highest BCUT2D eigenvalue weighted by Crippen LogP contribution is 2.39. The minimum absolute atomic E-state index is 0.180. The quantitative estimate of drug-likeness (QED) is 0.626. The largest absolute Gasteiger partial charge is 0.385 e. The SMILES string of the molecule is CCC1CCCCC1(CN)N(CCCOC)CCOC. The highest BCUT2D eigenvalue weighted by molar-refractivity contribution is 4.99. The first kappa shape index (κ1) is 17.9. The van der Waals surface area contributed by atoms with Crippen LogP contribution in [0.5, 0.6) is 0 Å². The molecule has 1 aliphatic carbocycles. The Hall–Kier alpha value is -0.160. The summed E-state index contributed by atoms with van der Waals surface area (Å²) in [4.78, 5) is 2.60. The van der Waals surface area contributed by atoms with Gasteiger partial charge in [0.2, 0.25) is 0 Å². The predicted octanol–water partition coefficient (Wildman–Crippen LogP) is 2.27. The molecule has 1 aliphatic rings. The summed E-state index contributed by atoms with van der Waals surface area (Å²) < 4.78 is 10.5. The summed E-state index contributed by atoms with van der Waals surface area (Å²) >= 11 is 0. The first-order valence-corrected chi connectivity index (χ1v) is 8.18. The monoisotopic (exact) mass is 286 g/mol. The third kappa shape index (κ3) is 4.42. The lowest BCUT2D eigenvalue weighted by Crippen LogP contribution is -2.60. The van der Waals surface area contributed by atoms with Gasteiger partial charge in [0.05, 0.1) is 6.61 Å². The zero-order valence-corrected chi connectivity index (χ0v) is 13.7. The molecule has 0 aromatic carbocycles. The van der Waals surface area contributed by atoms with Crippen molar-refractivity contribution in [3.8, 4) is 0 Å². The van der Waals surface area contributed by atoms with Crippen LogP contribution in [0.2, 0.25) is 0 Å². The first-order valence-electron chi connectivity index (χ1n) is 8.18. The van der Waals surface area contributed by atoms with Crippen LogP contribution in [0, 0.1) is 5.92 Å². The Bertz CT molecular complexity index is 251. The van der Waals surface area contributed by atoms with Gasteiger partial charge in [-0.1, -0.05) is 26.2 Å². The molecule has 0 aromatic heterocycles. The fraction of sp³-hybridized carbons (Fsp3) is 1.00. The van der Waals surface area contributed by atoms with E-state index < -0.39 is 0 Å². The van der Waals surface area contributed by atoms with Crippen LogP contribution in [0.4, 0.5) is 0 Å². The van der Waals surface area contributed by atoms with E-state index in [0.717, 1.165) is 45.2 Å². The molecule has 0 radical (unpaired) electrons. The number of methoxy groups -OCH3 is 2. The van der Waals surface area contributed by atoms with E-state index in [0.29, 0.717) is 0 Å². The van der Waals surface area contributed by atoms with Gasteiger partial charge in [-0.2, -0.15) is 0 Å². The van der Waals surface area contributed by atoms with Crippen LogP contribution in [-0.2, 0) is 9.47 Å². The molecule has 0 saturated heterocycles. The van der Waals surface area contributed by atoms with Crippen molar-refractivity contribution in [1.82, 2.24) is 4.90 Å². The van der Waals surface area contributed by atoms with E-state index in [1.165, 1.54) is 32.1 Å². The first-order chi connectivity index (χ1) is 9.75. The van der Waals surface area contributed by atoms with E-state index in [2.05, 4.69) is 11.8 Å². The third-order valence-corrected chi connectivity index (χ3v) is 4.99. The molecule has 0 aliphatic heterocycles. The summed E-state index contributed by atoms with van der Waals surface area (Å²) in [7, 11) is 3.55. The Morgan fingerprint density at radius 2 is 1.90 bits per heavy atom. The van der Waals surface area contributed by atoms with E-state index in [9.17, 15) is 0 Å². The van der Waals surface area contributed by atoms with Crippen LogP contribution in [0.1, 0.15) is 45.4 Å². The second-order valence-electron chi connectivity index (χ2n) is 5.98. The molecule has 0 bridgehead atoms. The molecule has 2 unspecified atom stereocenters. The fourth-order valence-electron chi connectivity index (χ4n) is 3.85. The van der Waals surface area contributed by atoms with Gasteiger partial charge in [0, 0.05) is 46.0 Å². The summed E-state index contributed by atoms with van der Waals surface area (Å²) in [5.41, 5.74) is 6.45. The van der Waals surface area contributed by atoms with E-state index in [1.54, 1.807) is 14.2 Å². The zero-order valence-electron chi connectivity index (χ0n) is 13.7. The number of nitrogens with two attached hydrogens (primary N) is 1. The van der Waals surface area contributed by atoms with E-state index in [4.69, 9.17) is 15.2 Å². The van der Waals surface area contributed by atoms with E-state index in [1.807, 2.05) is 0 Å². The van der Waals surface area contributed by atoms with Crippen LogP contribution in [0.15, 0.2) is 0 Å². The van der Waals surface area contributed by atoms with Crippen LogP contribution in [0.3, 0.4) is 0 Å². The van der Waals surface area contributed by atoms with Crippen LogP contribution >= 0.6 is 0 Å². The summed E-state index contributed by atoms with van der Waals surface area (Å²) in [6.45, 7) is 6.72. The minimum atomic E-state index is 0.180. The van der Waals surface area contributed by atoms with Crippen molar-refractivity contribution >= 4 is 0 Å². The summed E-state index contributed by atoms with van der Waals surface area (Å²) in [5.74, 6) is 0.723. The van der Waals surface area contributed by atoms with Gasteiger partial charge >= 0.3 is 0 Å². The normalized spacial score (nSPS) is 27.1. The number of rotatable bonds is 10. The van der Waals surface area contributed by atoms with Crippen molar-refractivity contribution in [2.45, 2.75) is 51.0 Å². The minimum Gasteiger partial charge on any atom is -0.385 e. The predicted molar refractivity (Wildman–Crippen MR) is 84.0 cm³/mol. The molecule has 0 aromatic rings. The Morgan fingerprint density at radius 1 is 1.15 bits per heavy atom. The number of hydrogen-bond donors (Lipinski definition) is 1. The molecule has 20 heavy (non-hydrogen) atoms. The van der Waals surface area contributed by atoms with Gasteiger partial charge in [0.15, 0.2) is 0 Å². The molecular weight excluding hydrogens is 252 g/mol. The zero-order chi connectivity index (χ0) is 14.8. The molecule has 120 valence electrons. The average molecular weight is 286 g/mol. The lowest BCUT2D eigenvalue weighted by atomic mass is 9.70. The van der Waals surface area contributed by atoms with Gasteiger partial charge in [-0.3, -0.25) is 4.90 Å². The maximum Gasteiger partial charge on any atom is 0.0589 e. The van der Waals surface area contributed by atoms with Gasteiger partial charge in [0.25, 0.3) is 0 Å². The number of hydrogen-bond acceptors (Lipinski definition) is 4. The number of ether oxygens (including phenoxy) is 2. The van der Waals surface area contributed by atoms with Crippen molar-refractivity contribution in [3.05, 3.63) is 0 Å². The van der Waals surface area contributed by atoms with Crippen LogP contribution in [-0.4, -0.2) is 57.5 Å². The standard InChI is InChI=1S/C16H34N2O2/c1-4-15-8-5-6-9-16(15,14-17)18(11-13-20-3)10-7-12-19-2/h15H,4-14,17H2,1-3H3. The maximum atomic E-state index is 6.27. The molecule has 1 saturated carbocycles. The van der Waals surface area contributed by atoms with Gasteiger partial charge < -0.3 is 15.2 Å². The maximum absolute atomic E-state index is 6.27. The van der Waals surface area contributed by atoms with Crippen molar-refractivity contribution in [1.29, 1.82) is 0 Å². The molecule has 0 amide bonds. The van der Waals surface area contributed by atoms with E-state index >= 15 is 0 Å². The molecular formula is C16H34N2O2. The summed E-state index contributed by atoms with van der Waals surface area (Å²) in [6, 6.07) is 0. The van der Waals surface area contributed by atoms with Crippen molar-refractivity contribution in [2.75, 3.05) is 47.1 Å². The average Bonchev–Trinajstić information content (AvgIpc) is 2.50. The molecule has 0 spiro atoms. The topological polar surface area (TPSA) is 47.7 Å². The second-order valence-corrected chi connectivity index (χ2v) is 5.98. The Morgan fingerprint density at radius 3 is 2.50 bits per heavy atom. The van der Waals surface area contributed by atoms with Crippen LogP contribution < -0.4 is 5.73 Å². The third-order valence-electron chi connectivity index (χ3n) is 4.99. The van der Waals surface area contributed by atoms with Gasteiger partial charge in [-0.15, -0.1) is 0 Å². The lowest BCUT2D eigenvalue weighted by Gasteiger charge is -2.51. The lowest BCUT2D eigenvalue weighted by molar-refractivity contribution is -0.0141. The van der Waals surface area contributed by atoms with Crippen molar-refractivity contribution in [2.24, 2.45) is 11.7 Å². The molecule has 4 nitrogen and oxygen atoms in total. The molecule has 2 atom stereocenters. The summed E-state index contributed by atoms with van der Waals surface area (Å²) in [6.07, 6.45) is 7.52. The fourth-order valence-corrected chi connectivity index (χ4v) is 3.85. The Kier molecular flexibility index (Phi) is 8.69. The summed E-state index contributed by atoms with van der Waals surface area (Å²) in [5, 5.41) is 0. The Balaban J connectivity index is 2.79. The molecule has 1 rings (SSSR count). The van der Waals surface area contributed by atoms with Crippen molar-refractivity contribution in [3.63, 3.8) is 0 Å². The molecule has 0 heterocycles. The van der Waals surface area contributed by atoms with Gasteiger partial charge in [-0.05, 0) is 25.2 Å². The molecule has 2 N–H and O–H groups in total. The second kappa shape index (κ2) is 9.72. The van der Waals surface area contributed by atoms with Crippen LogP contribution in [0.25, 0.3) is 0 Å². The van der Waals surface area contributed by atoms with Gasteiger partial charge in [0.1, 0.15) is 0 Å². The van der Waals surface area contributed by atoms with Gasteiger partial charge in [-0.25, -0.2) is 0 Å². The van der Waals surface area contributed by atoms with Crippen molar-refractivity contribution < 1.29 is 9.47 Å². The van der Waals surface area contributed by atoms with E-state index in [-0.39, 0.29) is 5.54 Å². The highest BCUT2D eigenvalue weighted by Gasteiger charge is 2.42.